The Morgan fingerprint density at radius 1 is 1.38 bits per heavy atom. The molecule has 1 aliphatic heterocycles. The van der Waals surface area contributed by atoms with Crippen LogP contribution in [0.25, 0.3) is 0 Å². The first-order valence-electron chi connectivity index (χ1n) is 8.07. The van der Waals surface area contributed by atoms with Crippen molar-refractivity contribution in [2.75, 3.05) is 20.1 Å². The van der Waals surface area contributed by atoms with Crippen LogP contribution >= 0.6 is 0 Å². The maximum absolute atomic E-state index is 12.5. The van der Waals surface area contributed by atoms with Crippen LogP contribution in [0.5, 0.6) is 0 Å². The molecular weight excluding hydrogens is 260 g/mol. The Morgan fingerprint density at radius 2 is 2.14 bits per heavy atom. The van der Waals surface area contributed by atoms with Gasteiger partial charge in [0, 0.05) is 6.54 Å². The van der Waals surface area contributed by atoms with Crippen LogP contribution in [-0.2, 0) is 4.79 Å². The van der Waals surface area contributed by atoms with Gasteiger partial charge in [-0.1, -0.05) is 25.1 Å². The van der Waals surface area contributed by atoms with Gasteiger partial charge >= 0.3 is 0 Å². The predicted octanol–water partition coefficient (Wildman–Crippen LogP) is 3.21. The van der Waals surface area contributed by atoms with Gasteiger partial charge in [0.05, 0.1) is 12.0 Å². The lowest BCUT2D eigenvalue weighted by molar-refractivity contribution is -0.127. The maximum Gasteiger partial charge on any atom is 0.224 e. The third kappa shape index (κ3) is 4.07. The van der Waals surface area contributed by atoms with E-state index in [0.29, 0.717) is 0 Å². The van der Waals surface area contributed by atoms with Crippen LogP contribution in [0, 0.1) is 19.8 Å². The number of carbonyl (C=O) groups excluding carboxylic acids is 1. The highest BCUT2D eigenvalue weighted by Crippen LogP contribution is 2.22. The van der Waals surface area contributed by atoms with Crippen LogP contribution in [0.2, 0.25) is 0 Å². The molecule has 0 aromatic heterocycles. The molecule has 21 heavy (non-hydrogen) atoms. The highest BCUT2D eigenvalue weighted by molar-refractivity contribution is 5.79. The zero-order valence-electron chi connectivity index (χ0n) is 13.8. The van der Waals surface area contributed by atoms with Crippen molar-refractivity contribution in [2.45, 2.75) is 46.1 Å². The molecule has 1 heterocycles. The van der Waals surface area contributed by atoms with Crippen molar-refractivity contribution >= 4 is 5.91 Å². The van der Waals surface area contributed by atoms with Crippen molar-refractivity contribution in [1.29, 1.82) is 0 Å². The summed E-state index contributed by atoms with van der Waals surface area (Å²) in [5.41, 5.74) is 3.81. The van der Waals surface area contributed by atoms with Gasteiger partial charge in [0.15, 0.2) is 0 Å². The van der Waals surface area contributed by atoms with E-state index in [1.165, 1.54) is 16.7 Å². The number of piperidine rings is 1. The monoisotopic (exact) mass is 288 g/mol. The molecule has 0 spiro atoms. The van der Waals surface area contributed by atoms with Crippen molar-refractivity contribution in [3.63, 3.8) is 0 Å². The average molecular weight is 288 g/mol. The summed E-state index contributed by atoms with van der Waals surface area (Å²) in [5, 5.41) is 3.25. The molecule has 3 heteroatoms. The molecule has 3 nitrogen and oxygen atoms in total. The molecule has 0 unspecified atom stereocenters. The third-order valence-electron chi connectivity index (χ3n) is 4.65. The second kappa shape index (κ2) is 7.08. The van der Waals surface area contributed by atoms with Gasteiger partial charge in [0.25, 0.3) is 0 Å². The Balaban J connectivity index is 2.04. The summed E-state index contributed by atoms with van der Waals surface area (Å²) in [5.74, 6) is 0.357. The van der Waals surface area contributed by atoms with Crippen molar-refractivity contribution in [3.8, 4) is 0 Å². The highest BCUT2D eigenvalue weighted by atomic mass is 16.2. The maximum atomic E-state index is 12.5. The van der Waals surface area contributed by atoms with Gasteiger partial charge in [-0.2, -0.15) is 0 Å². The van der Waals surface area contributed by atoms with Crippen LogP contribution in [0.4, 0.5) is 0 Å². The molecule has 0 radical (unpaired) electrons. The number of amides is 1. The van der Waals surface area contributed by atoms with Crippen molar-refractivity contribution in [2.24, 2.45) is 5.92 Å². The fourth-order valence-electron chi connectivity index (χ4n) is 3.07. The predicted molar refractivity (Wildman–Crippen MR) is 87.3 cm³/mol. The molecule has 1 aliphatic rings. The number of likely N-dealkylation sites (tertiary alicyclic amines) is 1. The molecular formula is C18H28N2O. The summed E-state index contributed by atoms with van der Waals surface area (Å²) in [6, 6.07) is 6.62. The number of nitrogens with zero attached hydrogens (tertiary/aromatic N) is 1. The molecule has 1 saturated heterocycles. The minimum absolute atomic E-state index is 0.129. The topological polar surface area (TPSA) is 32.3 Å². The van der Waals surface area contributed by atoms with E-state index < -0.39 is 0 Å². The van der Waals surface area contributed by atoms with E-state index in [2.05, 4.69) is 56.2 Å². The number of aryl methyl sites for hydroxylation is 2. The number of hydrogen-bond donors (Lipinski definition) is 1. The van der Waals surface area contributed by atoms with E-state index in [-0.39, 0.29) is 17.9 Å². The first-order valence-corrected chi connectivity index (χ1v) is 8.07. The molecule has 0 saturated carbocycles. The summed E-state index contributed by atoms with van der Waals surface area (Å²) in [7, 11) is 2.10. The van der Waals surface area contributed by atoms with Gasteiger partial charge < -0.3 is 10.2 Å². The molecule has 1 amide bonds. The standard InChI is InChI=1S/C18H28N2O/c1-5-17(15-9-8-13(2)14(3)11-15)19-18(21)16-7-6-10-20(4)12-16/h8-9,11,16-17H,5-7,10,12H2,1-4H3,(H,19,21)/t16-,17+/m0/s1. The fourth-order valence-corrected chi connectivity index (χ4v) is 3.07. The van der Waals surface area contributed by atoms with Crippen LogP contribution in [0.15, 0.2) is 18.2 Å². The van der Waals surface area contributed by atoms with E-state index in [4.69, 9.17) is 0 Å². The Bertz CT molecular complexity index is 498. The molecule has 1 N–H and O–H groups in total. The van der Waals surface area contributed by atoms with Gasteiger partial charge in [-0.3, -0.25) is 4.79 Å². The zero-order valence-corrected chi connectivity index (χ0v) is 13.8. The smallest absolute Gasteiger partial charge is 0.224 e. The van der Waals surface area contributed by atoms with E-state index in [1.54, 1.807) is 0 Å². The normalized spacial score (nSPS) is 21.0. The Hall–Kier alpha value is -1.35. The van der Waals surface area contributed by atoms with Crippen molar-refractivity contribution < 1.29 is 4.79 Å². The zero-order chi connectivity index (χ0) is 15.4. The lowest BCUT2D eigenvalue weighted by Gasteiger charge is -2.30. The number of carbonyl (C=O) groups is 1. The van der Waals surface area contributed by atoms with E-state index >= 15 is 0 Å². The molecule has 2 rings (SSSR count). The SMILES string of the molecule is CC[C@@H](NC(=O)[C@H]1CCCN(C)C1)c1ccc(C)c(C)c1. The Labute approximate surface area is 128 Å². The van der Waals surface area contributed by atoms with Crippen LogP contribution < -0.4 is 5.32 Å². The lowest BCUT2D eigenvalue weighted by Crippen LogP contribution is -2.42. The summed E-state index contributed by atoms with van der Waals surface area (Å²) in [6.07, 6.45) is 3.06. The van der Waals surface area contributed by atoms with Crippen LogP contribution in [0.3, 0.4) is 0 Å². The first kappa shape index (κ1) is 16.0. The molecule has 1 aromatic carbocycles. The van der Waals surface area contributed by atoms with E-state index in [0.717, 1.165) is 32.4 Å². The molecule has 0 bridgehead atoms. The van der Waals surface area contributed by atoms with E-state index in [1.807, 2.05) is 0 Å². The van der Waals surface area contributed by atoms with Gasteiger partial charge in [-0.15, -0.1) is 0 Å². The second-order valence-electron chi connectivity index (χ2n) is 6.41. The number of benzene rings is 1. The van der Waals surface area contributed by atoms with Crippen molar-refractivity contribution in [3.05, 3.63) is 34.9 Å². The molecule has 0 aliphatic carbocycles. The Kier molecular flexibility index (Phi) is 5.40. The largest absolute Gasteiger partial charge is 0.349 e. The number of hydrogen-bond acceptors (Lipinski definition) is 2. The Morgan fingerprint density at radius 3 is 2.76 bits per heavy atom. The quantitative estimate of drug-likeness (QED) is 0.922. The lowest BCUT2D eigenvalue weighted by atomic mass is 9.95. The van der Waals surface area contributed by atoms with Gasteiger partial charge in [0.1, 0.15) is 0 Å². The molecule has 116 valence electrons. The second-order valence-corrected chi connectivity index (χ2v) is 6.41. The van der Waals surface area contributed by atoms with Gasteiger partial charge in [-0.05, 0) is 63.4 Å². The van der Waals surface area contributed by atoms with Gasteiger partial charge in [0.2, 0.25) is 5.91 Å². The summed E-state index contributed by atoms with van der Waals surface area (Å²) in [4.78, 5) is 14.8. The minimum atomic E-state index is 0.129. The van der Waals surface area contributed by atoms with Crippen LogP contribution in [0.1, 0.15) is 48.9 Å². The van der Waals surface area contributed by atoms with Crippen molar-refractivity contribution in [1.82, 2.24) is 10.2 Å². The molecule has 2 atom stereocenters. The summed E-state index contributed by atoms with van der Waals surface area (Å²) >= 11 is 0. The molecule has 1 fully saturated rings. The van der Waals surface area contributed by atoms with Crippen LogP contribution in [-0.4, -0.2) is 30.9 Å². The average Bonchev–Trinajstić information content (AvgIpc) is 2.47. The summed E-state index contributed by atoms with van der Waals surface area (Å²) < 4.78 is 0. The molecule has 1 aromatic rings. The van der Waals surface area contributed by atoms with E-state index in [9.17, 15) is 4.79 Å². The fraction of sp³-hybridized carbons (Fsp3) is 0.611. The number of nitrogens with one attached hydrogen (secondary N) is 1. The summed E-state index contributed by atoms with van der Waals surface area (Å²) in [6.45, 7) is 8.38. The van der Waals surface area contributed by atoms with Gasteiger partial charge in [-0.25, -0.2) is 0 Å². The minimum Gasteiger partial charge on any atom is -0.349 e. The third-order valence-corrected chi connectivity index (χ3v) is 4.65. The first-order chi connectivity index (χ1) is 10.0. The highest BCUT2D eigenvalue weighted by Gasteiger charge is 2.25. The number of rotatable bonds is 4.